The van der Waals surface area contributed by atoms with Crippen LogP contribution in [0.25, 0.3) is 0 Å². The molecule has 0 aliphatic rings. The van der Waals surface area contributed by atoms with Gasteiger partial charge in [-0.2, -0.15) is 0 Å². The minimum Gasteiger partial charge on any atom is -0.397 e. The van der Waals surface area contributed by atoms with Gasteiger partial charge in [-0.3, -0.25) is 4.79 Å². The Kier molecular flexibility index (Phi) is 3.12. The molecule has 3 N–H and O–H groups in total. The first-order valence-electron chi connectivity index (χ1n) is 4.91. The standard InChI is InChI=1S/C13H10N2OS/c1-2-9-4-3-5-10(8-9)15-13(16)12-11(14)6-7-17-12/h1,3-8H,14H2,(H,15,16). The molecule has 1 aromatic heterocycles. The first kappa shape index (κ1) is 11.2. The van der Waals surface area contributed by atoms with E-state index in [4.69, 9.17) is 12.2 Å². The number of carbonyl (C=O) groups is 1. The van der Waals surface area contributed by atoms with Crippen molar-refractivity contribution in [3.05, 3.63) is 46.2 Å². The number of hydrogen-bond acceptors (Lipinski definition) is 3. The van der Waals surface area contributed by atoms with E-state index in [2.05, 4.69) is 11.2 Å². The number of thiophene rings is 1. The summed E-state index contributed by atoms with van der Waals surface area (Å²) in [4.78, 5) is 12.4. The molecule has 1 heterocycles. The molecule has 0 aliphatic heterocycles. The summed E-state index contributed by atoms with van der Waals surface area (Å²) in [7, 11) is 0. The zero-order chi connectivity index (χ0) is 12.3. The van der Waals surface area contributed by atoms with Crippen LogP contribution in [0, 0.1) is 12.3 Å². The maximum Gasteiger partial charge on any atom is 0.267 e. The van der Waals surface area contributed by atoms with Crippen LogP contribution in [0.15, 0.2) is 35.7 Å². The quantitative estimate of drug-likeness (QED) is 0.795. The van der Waals surface area contributed by atoms with Crippen molar-refractivity contribution in [1.82, 2.24) is 0 Å². The second kappa shape index (κ2) is 4.73. The summed E-state index contributed by atoms with van der Waals surface area (Å²) in [6.45, 7) is 0. The largest absolute Gasteiger partial charge is 0.397 e. The molecule has 2 rings (SSSR count). The van der Waals surface area contributed by atoms with Crippen LogP contribution in [0.5, 0.6) is 0 Å². The summed E-state index contributed by atoms with van der Waals surface area (Å²) in [5, 5.41) is 4.54. The molecule has 1 amide bonds. The molecule has 0 unspecified atom stereocenters. The SMILES string of the molecule is C#Cc1cccc(NC(=O)c2sccc2N)c1. The first-order valence-corrected chi connectivity index (χ1v) is 5.79. The highest BCUT2D eigenvalue weighted by Crippen LogP contribution is 2.20. The van der Waals surface area contributed by atoms with Crippen molar-refractivity contribution in [2.24, 2.45) is 0 Å². The van der Waals surface area contributed by atoms with E-state index in [1.165, 1.54) is 11.3 Å². The highest BCUT2D eigenvalue weighted by molar-refractivity contribution is 7.12. The van der Waals surface area contributed by atoms with Crippen LogP contribution < -0.4 is 11.1 Å². The Morgan fingerprint density at radius 2 is 2.24 bits per heavy atom. The van der Waals surface area contributed by atoms with Crippen LogP contribution in [0.3, 0.4) is 0 Å². The molecule has 0 atom stereocenters. The van der Waals surface area contributed by atoms with Gasteiger partial charge in [0.2, 0.25) is 0 Å². The summed E-state index contributed by atoms with van der Waals surface area (Å²) in [6.07, 6.45) is 5.29. The Morgan fingerprint density at radius 1 is 1.41 bits per heavy atom. The van der Waals surface area contributed by atoms with Gasteiger partial charge in [-0.05, 0) is 29.6 Å². The summed E-state index contributed by atoms with van der Waals surface area (Å²) < 4.78 is 0. The zero-order valence-electron chi connectivity index (χ0n) is 8.94. The van der Waals surface area contributed by atoms with E-state index in [0.717, 1.165) is 5.56 Å². The number of nitrogen functional groups attached to an aromatic ring is 1. The number of benzene rings is 1. The fourth-order valence-electron chi connectivity index (χ4n) is 1.38. The van der Waals surface area contributed by atoms with E-state index in [1.54, 1.807) is 35.7 Å². The normalized spacial score (nSPS) is 9.59. The monoisotopic (exact) mass is 242 g/mol. The lowest BCUT2D eigenvalue weighted by Crippen LogP contribution is -2.11. The van der Waals surface area contributed by atoms with Crippen molar-refractivity contribution < 1.29 is 4.79 Å². The van der Waals surface area contributed by atoms with Gasteiger partial charge in [-0.25, -0.2) is 0 Å². The summed E-state index contributed by atoms with van der Waals surface area (Å²) in [5.74, 6) is 2.30. The molecule has 0 saturated carbocycles. The third-order valence-corrected chi connectivity index (χ3v) is 3.12. The second-order valence-corrected chi connectivity index (χ2v) is 4.30. The smallest absolute Gasteiger partial charge is 0.267 e. The van der Waals surface area contributed by atoms with Gasteiger partial charge in [0.05, 0.1) is 5.69 Å². The first-order chi connectivity index (χ1) is 8.20. The van der Waals surface area contributed by atoms with Gasteiger partial charge in [-0.15, -0.1) is 17.8 Å². The Bertz CT molecular complexity index is 595. The number of hydrogen-bond donors (Lipinski definition) is 2. The van der Waals surface area contributed by atoms with Crippen molar-refractivity contribution >= 4 is 28.6 Å². The van der Waals surface area contributed by atoms with Crippen LogP contribution in [0.4, 0.5) is 11.4 Å². The fraction of sp³-hybridized carbons (Fsp3) is 0. The predicted molar refractivity (Wildman–Crippen MR) is 71.1 cm³/mol. The van der Waals surface area contributed by atoms with Crippen molar-refractivity contribution in [1.29, 1.82) is 0 Å². The Balaban J connectivity index is 2.19. The third-order valence-electron chi connectivity index (χ3n) is 2.19. The minimum atomic E-state index is -0.216. The lowest BCUT2D eigenvalue weighted by Gasteiger charge is -2.04. The van der Waals surface area contributed by atoms with Crippen LogP contribution >= 0.6 is 11.3 Å². The average molecular weight is 242 g/mol. The maximum atomic E-state index is 11.9. The topological polar surface area (TPSA) is 55.1 Å². The maximum absolute atomic E-state index is 11.9. The van der Waals surface area contributed by atoms with E-state index in [0.29, 0.717) is 16.3 Å². The third kappa shape index (κ3) is 2.47. The van der Waals surface area contributed by atoms with Crippen LogP contribution in [-0.4, -0.2) is 5.91 Å². The molecule has 0 spiro atoms. The molecule has 0 fully saturated rings. The van der Waals surface area contributed by atoms with Crippen molar-refractivity contribution in [3.63, 3.8) is 0 Å². The number of nitrogens with two attached hydrogens (primary N) is 1. The Labute approximate surface area is 103 Å². The molecule has 4 heteroatoms. The van der Waals surface area contributed by atoms with Gasteiger partial charge >= 0.3 is 0 Å². The fourth-order valence-corrected chi connectivity index (χ4v) is 2.09. The van der Waals surface area contributed by atoms with Crippen molar-refractivity contribution in [2.75, 3.05) is 11.1 Å². The molecular weight excluding hydrogens is 232 g/mol. The van der Waals surface area contributed by atoms with Gasteiger partial charge in [0.15, 0.2) is 0 Å². The molecule has 84 valence electrons. The molecule has 0 radical (unpaired) electrons. The van der Waals surface area contributed by atoms with E-state index in [1.807, 2.05) is 0 Å². The summed E-state index contributed by atoms with van der Waals surface area (Å²) in [6, 6.07) is 8.82. The molecule has 2 aromatic rings. The Hall–Kier alpha value is -2.25. The number of rotatable bonds is 2. The van der Waals surface area contributed by atoms with Gasteiger partial charge in [-0.1, -0.05) is 12.0 Å². The number of amides is 1. The second-order valence-electron chi connectivity index (χ2n) is 3.38. The van der Waals surface area contributed by atoms with Gasteiger partial charge < -0.3 is 11.1 Å². The highest BCUT2D eigenvalue weighted by Gasteiger charge is 2.11. The van der Waals surface area contributed by atoms with Gasteiger partial charge in [0, 0.05) is 11.3 Å². The van der Waals surface area contributed by atoms with Gasteiger partial charge in [0.1, 0.15) is 4.88 Å². The molecule has 17 heavy (non-hydrogen) atoms. The molecule has 1 aromatic carbocycles. The zero-order valence-corrected chi connectivity index (χ0v) is 9.75. The van der Waals surface area contributed by atoms with E-state index >= 15 is 0 Å². The molecule has 0 saturated heterocycles. The molecule has 0 bridgehead atoms. The Morgan fingerprint density at radius 3 is 2.88 bits per heavy atom. The van der Waals surface area contributed by atoms with Crippen LogP contribution in [-0.2, 0) is 0 Å². The lowest BCUT2D eigenvalue weighted by molar-refractivity contribution is 0.103. The van der Waals surface area contributed by atoms with Crippen LogP contribution in [0.2, 0.25) is 0 Å². The molecule has 0 aliphatic carbocycles. The number of carbonyl (C=O) groups excluding carboxylic acids is 1. The summed E-state index contributed by atoms with van der Waals surface area (Å²) >= 11 is 1.31. The van der Waals surface area contributed by atoms with E-state index < -0.39 is 0 Å². The van der Waals surface area contributed by atoms with Crippen molar-refractivity contribution in [2.45, 2.75) is 0 Å². The number of nitrogens with one attached hydrogen (secondary N) is 1. The van der Waals surface area contributed by atoms with Gasteiger partial charge in [0.25, 0.3) is 5.91 Å². The number of anilines is 2. The highest BCUT2D eigenvalue weighted by atomic mass is 32.1. The lowest BCUT2D eigenvalue weighted by atomic mass is 10.2. The predicted octanol–water partition coefficient (Wildman–Crippen LogP) is 2.56. The number of terminal acetylenes is 1. The van der Waals surface area contributed by atoms with E-state index in [9.17, 15) is 4.79 Å². The summed E-state index contributed by atoms with van der Waals surface area (Å²) in [5.41, 5.74) is 7.54. The average Bonchev–Trinajstić information content (AvgIpc) is 2.76. The molecular formula is C13H10N2OS. The van der Waals surface area contributed by atoms with E-state index in [-0.39, 0.29) is 5.91 Å². The molecule has 3 nitrogen and oxygen atoms in total. The van der Waals surface area contributed by atoms with Crippen molar-refractivity contribution in [3.8, 4) is 12.3 Å². The minimum absolute atomic E-state index is 0.216. The van der Waals surface area contributed by atoms with Crippen LogP contribution in [0.1, 0.15) is 15.2 Å².